The van der Waals surface area contributed by atoms with Gasteiger partial charge in [0.1, 0.15) is 10.6 Å². The van der Waals surface area contributed by atoms with Gasteiger partial charge >= 0.3 is 5.97 Å². The summed E-state index contributed by atoms with van der Waals surface area (Å²) in [6.45, 7) is 2.59. The van der Waals surface area contributed by atoms with Gasteiger partial charge in [0.2, 0.25) is 0 Å². The molecule has 0 aliphatic heterocycles. The molecule has 6 nitrogen and oxygen atoms in total. The summed E-state index contributed by atoms with van der Waals surface area (Å²) >= 11 is 1.61. The number of hydrogen-bond acceptors (Lipinski definition) is 6. The van der Waals surface area contributed by atoms with Gasteiger partial charge in [-0.15, -0.1) is 11.3 Å². The zero-order valence-corrected chi connectivity index (χ0v) is 13.4. The number of anilines is 1. The Balaban J connectivity index is 1.92. The highest BCUT2D eigenvalue weighted by molar-refractivity contribution is 7.18. The van der Waals surface area contributed by atoms with Crippen molar-refractivity contribution in [3.8, 4) is 11.4 Å². The SMILES string of the molecule is Cc1cc2c(NCCCC(=O)O)nc(-c3cccnc3)nc2s1. The van der Waals surface area contributed by atoms with Crippen LogP contribution < -0.4 is 5.32 Å². The highest BCUT2D eigenvalue weighted by Crippen LogP contribution is 2.30. The van der Waals surface area contributed by atoms with Crippen molar-refractivity contribution >= 4 is 33.3 Å². The second-order valence-electron chi connectivity index (χ2n) is 5.14. The smallest absolute Gasteiger partial charge is 0.303 e. The monoisotopic (exact) mass is 328 g/mol. The minimum atomic E-state index is -0.790. The Morgan fingerprint density at radius 3 is 3.00 bits per heavy atom. The van der Waals surface area contributed by atoms with Gasteiger partial charge in [-0.2, -0.15) is 0 Å². The molecule has 0 spiro atoms. The molecule has 0 saturated heterocycles. The van der Waals surface area contributed by atoms with Crippen LogP contribution >= 0.6 is 11.3 Å². The van der Waals surface area contributed by atoms with Gasteiger partial charge < -0.3 is 10.4 Å². The zero-order chi connectivity index (χ0) is 16.2. The summed E-state index contributed by atoms with van der Waals surface area (Å²) in [5, 5.41) is 12.9. The van der Waals surface area contributed by atoms with Crippen molar-refractivity contribution in [3.05, 3.63) is 35.5 Å². The molecule has 0 unspecified atom stereocenters. The van der Waals surface area contributed by atoms with Gasteiger partial charge in [-0.1, -0.05) is 0 Å². The Labute approximate surface area is 137 Å². The normalized spacial score (nSPS) is 10.8. The van der Waals surface area contributed by atoms with E-state index >= 15 is 0 Å². The van der Waals surface area contributed by atoms with Crippen LogP contribution in [0, 0.1) is 6.92 Å². The van der Waals surface area contributed by atoms with Gasteiger partial charge in [0.15, 0.2) is 5.82 Å². The van der Waals surface area contributed by atoms with Crippen LogP contribution in [-0.2, 0) is 4.79 Å². The lowest BCUT2D eigenvalue weighted by Crippen LogP contribution is -2.07. The Morgan fingerprint density at radius 2 is 2.26 bits per heavy atom. The summed E-state index contributed by atoms with van der Waals surface area (Å²) in [6.07, 6.45) is 4.13. The number of carboxylic acids is 1. The van der Waals surface area contributed by atoms with E-state index in [9.17, 15) is 4.79 Å². The van der Waals surface area contributed by atoms with Gasteiger partial charge in [0, 0.05) is 35.8 Å². The third-order valence-electron chi connectivity index (χ3n) is 3.30. The number of nitrogens with zero attached hydrogens (tertiary/aromatic N) is 3. The average molecular weight is 328 g/mol. The molecule has 3 aromatic rings. The molecule has 7 heteroatoms. The first-order chi connectivity index (χ1) is 11.1. The highest BCUT2D eigenvalue weighted by atomic mass is 32.1. The van der Waals surface area contributed by atoms with E-state index in [0.29, 0.717) is 18.8 Å². The summed E-state index contributed by atoms with van der Waals surface area (Å²) in [5.41, 5.74) is 0.856. The van der Waals surface area contributed by atoms with Crippen LogP contribution in [0.25, 0.3) is 21.6 Å². The number of thiophene rings is 1. The second kappa shape index (κ2) is 6.70. The van der Waals surface area contributed by atoms with Crippen molar-refractivity contribution in [1.82, 2.24) is 15.0 Å². The first-order valence-electron chi connectivity index (χ1n) is 7.28. The van der Waals surface area contributed by atoms with E-state index in [1.807, 2.05) is 25.1 Å². The van der Waals surface area contributed by atoms with Gasteiger partial charge in [0.05, 0.1) is 5.39 Å². The summed E-state index contributed by atoms with van der Waals surface area (Å²) < 4.78 is 0. The lowest BCUT2D eigenvalue weighted by molar-refractivity contribution is -0.137. The maximum Gasteiger partial charge on any atom is 0.303 e. The lowest BCUT2D eigenvalue weighted by Gasteiger charge is -2.08. The third-order valence-corrected chi connectivity index (χ3v) is 4.24. The van der Waals surface area contributed by atoms with Crippen molar-refractivity contribution in [2.45, 2.75) is 19.8 Å². The maximum atomic E-state index is 10.6. The number of aliphatic carboxylic acids is 1. The fourth-order valence-electron chi connectivity index (χ4n) is 2.25. The van der Waals surface area contributed by atoms with Crippen LogP contribution in [0.3, 0.4) is 0 Å². The molecule has 0 bridgehead atoms. The Bertz CT molecular complexity index is 833. The standard InChI is InChI=1S/C16H16N4O2S/c1-10-8-12-15(18-7-3-5-13(21)22)19-14(20-16(12)23-10)11-4-2-6-17-9-11/h2,4,6,8-9H,3,5,7H2,1H3,(H,21,22)(H,18,19,20). The topological polar surface area (TPSA) is 88.0 Å². The predicted molar refractivity (Wildman–Crippen MR) is 90.7 cm³/mol. The van der Waals surface area contributed by atoms with E-state index in [1.54, 1.807) is 23.7 Å². The van der Waals surface area contributed by atoms with Crippen molar-refractivity contribution in [2.24, 2.45) is 0 Å². The number of carboxylic acid groups (broad SMARTS) is 1. The summed E-state index contributed by atoms with van der Waals surface area (Å²) in [7, 11) is 0. The average Bonchev–Trinajstić information content (AvgIpc) is 2.92. The third kappa shape index (κ3) is 3.62. The largest absolute Gasteiger partial charge is 0.481 e. The van der Waals surface area contributed by atoms with E-state index in [0.717, 1.165) is 26.5 Å². The van der Waals surface area contributed by atoms with E-state index in [2.05, 4.69) is 20.3 Å². The summed E-state index contributed by atoms with van der Waals surface area (Å²) in [4.78, 5) is 26.0. The zero-order valence-electron chi connectivity index (χ0n) is 12.6. The predicted octanol–water partition coefficient (Wildman–Crippen LogP) is 3.34. The van der Waals surface area contributed by atoms with E-state index in [4.69, 9.17) is 5.11 Å². The van der Waals surface area contributed by atoms with Gasteiger partial charge in [-0.25, -0.2) is 9.97 Å². The molecule has 0 saturated carbocycles. The van der Waals surface area contributed by atoms with Crippen LogP contribution in [-0.4, -0.2) is 32.6 Å². The van der Waals surface area contributed by atoms with Crippen LogP contribution in [0.1, 0.15) is 17.7 Å². The summed E-state index contributed by atoms with van der Waals surface area (Å²) in [5.74, 6) is 0.568. The number of hydrogen-bond donors (Lipinski definition) is 2. The molecule has 0 atom stereocenters. The van der Waals surface area contributed by atoms with Crippen LogP contribution in [0.5, 0.6) is 0 Å². The number of aromatic nitrogens is 3. The molecule has 0 aliphatic rings. The molecular formula is C16H16N4O2S. The second-order valence-corrected chi connectivity index (χ2v) is 6.37. The lowest BCUT2D eigenvalue weighted by atomic mass is 10.2. The molecule has 0 fully saturated rings. The Morgan fingerprint density at radius 1 is 1.39 bits per heavy atom. The number of aryl methyl sites for hydroxylation is 1. The van der Waals surface area contributed by atoms with Crippen LogP contribution in [0.4, 0.5) is 5.82 Å². The molecular weight excluding hydrogens is 312 g/mol. The molecule has 0 amide bonds. The van der Waals surface area contributed by atoms with Gasteiger partial charge in [0.25, 0.3) is 0 Å². The number of fused-ring (bicyclic) bond motifs is 1. The molecule has 0 aliphatic carbocycles. The minimum Gasteiger partial charge on any atom is -0.481 e. The fourth-order valence-corrected chi connectivity index (χ4v) is 3.13. The highest BCUT2D eigenvalue weighted by Gasteiger charge is 2.12. The number of carbonyl (C=O) groups is 1. The molecule has 118 valence electrons. The van der Waals surface area contributed by atoms with E-state index in [-0.39, 0.29) is 6.42 Å². The number of pyridine rings is 1. The number of nitrogens with one attached hydrogen (secondary N) is 1. The quantitative estimate of drug-likeness (QED) is 0.675. The number of rotatable bonds is 6. The van der Waals surface area contributed by atoms with Crippen molar-refractivity contribution in [3.63, 3.8) is 0 Å². The minimum absolute atomic E-state index is 0.138. The maximum absolute atomic E-state index is 10.6. The van der Waals surface area contributed by atoms with Crippen molar-refractivity contribution in [1.29, 1.82) is 0 Å². The fraction of sp³-hybridized carbons (Fsp3) is 0.250. The molecule has 0 radical (unpaired) electrons. The Kier molecular flexibility index (Phi) is 4.47. The molecule has 2 N–H and O–H groups in total. The molecule has 0 aromatic carbocycles. The molecule has 3 rings (SSSR count). The first kappa shape index (κ1) is 15.4. The van der Waals surface area contributed by atoms with Gasteiger partial charge in [-0.05, 0) is 31.5 Å². The molecule has 23 heavy (non-hydrogen) atoms. The van der Waals surface area contributed by atoms with E-state index < -0.39 is 5.97 Å². The molecule has 3 aromatic heterocycles. The summed E-state index contributed by atoms with van der Waals surface area (Å²) in [6, 6.07) is 5.82. The molecule has 3 heterocycles. The van der Waals surface area contributed by atoms with Crippen LogP contribution in [0.2, 0.25) is 0 Å². The van der Waals surface area contributed by atoms with Gasteiger partial charge in [-0.3, -0.25) is 9.78 Å². The Hall–Kier alpha value is -2.54. The van der Waals surface area contributed by atoms with Crippen molar-refractivity contribution in [2.75, 3.05) is 11.9 Å². The van der Waals surface area contributed by atoms with Crippen LogP contribution in [0.15, 0.2) is 30.6 Å². The van der Waals surface area contributed by atoms with Crippen molar-refractivity contribution < 1.29 is 9.90 Å². The van der Waals surface area contributed by atoms with E-state index in [1.165, 1.54) is 0 Å². The first-order valence-corrected chi connectivity index (χ1v) is 8.09.